The van der Waals surface area contributed by atoms with E-state index in [9.17, 15) is 9.59 Å². The Labute approximate surface area is 178 Å². The van der Waals surface area contributed by atoms with Gasteiger partial charge < -0.3 is 4.74 Å². The molecule has 29 heavy (non-hydrogen) atoms. The van der Waals surface area contributed by atoms with Crippen molar-refractivity contribution in [3.05, 3.63) is 0 Å². The quantitative estimate of drug-likeness (QED) is 0.333. The van der Waals surface area contributed by atoms with Gasteiger partial charge in [-0.2, -0.15) is 0 Å². The van der Waals surface area contributed by atoms with Gasteiger partial charge in [-0.15, -0.1) is 0 Å². The van der Waals surface area contributed by atoms with Gasteiger partial charge in [0.2, 0.25) is 0 Å². The molecule has 3 fully saturated rings. The lowest BCUT2D eigenvalue weighted by Crippen LogP contribution is -2.36. The highest BCUT2D eigenvalue weighted by Gasteiger charge is 2.39. The van der Waals surface area contributed by atoms with Crippen molar-refractivity contribution in [2.24, 2.45) is 35.5 Å². The van der Waals surface area contributed by atoms with Crippen molar-refractivity contribution in [1.82, 2.24) is 0 Å². The number of unbranched alkanes of at least 4 members (excludes halogenated alkanes) is 1. The minimum Gasteiger partial charge on any atom is -0.465 e. The van der Waals surface area contributed by atoms with Crippen LogP contribution in [0.15, 0.2) is 0 Å². The lowest BCUT2D eigenvalue weighted by Gasteiger charge is -2.41. The maximum atomic E-state index is 12.6. The van der Waals surface area contributed by atoms with E-state index in [0.717, 1.165) is 30.6 Å². The van der Waals surface area contributed by atoms with Gasteiger partial charge in [-0.3, -0.25) is 9.59 Å². The molecule has 3 aliphatic carbocycles. The van der Waals surface area contributed by atoms with Crippen LogP contribution in [-0.4, -0.2) is 18.4 Å². The number of carbonyl (C=O) groups is 2. The number of hydrogen-bond acceptors (Lipinski definition) is 3. The molecule has 0 heterocycles. The number of Topliss-reactive ketones (excluding diaryl/α,β-unsaturated/α-hetero) is 1. The Balaban J connectivity index is 1.38. The minimum atomic E-state index is -0.475. The normalized spacial score (nSPS) is 36.0. The summed E-state index contributed by atoms with van der Waals surface area (Å²) in [7, 11) is 0. The molecule has 0 bridgehead atoms. The molecule has 3 aliphatic rings. The summed E-state index contributed by atoms with van der Waals surface area (Å²) in [6.07, 6.45) is 18.6. The zero-order chi connectivity index (χ0) is 20.6. The number of hydrogen-bond donors (Lipinski definition) is 0. The summed E-state index contributed by atoms with van der Waals surface area (Å²) < 4.78 is 5.23. The highest BCUT2D eigenvalue weighted by atomic mass is 16.5. The van der Waals surface area contributed by atoms with Crippen LogP contribution in [0.1, 0.15) is 110 Å². The first-order valence-electron chi connectivity index (χ1n) is 12.8. The molecule has 3 nitrogen and oxygen atoms in total. The van der Waals surface area contributed by atoms with Gasteiger partial charge >= 0.3 is 5.97 Å². The van der Waals surface area contributed by atoms with Crippen molar-refractivity contribution in [3.63, 3.8) is 0 Å². The van der Waals surface area contributed by atoms with Gasteiger partial charge in [0.05, 0.1) is 6.61 Å². The summed E-state index contributed by atoms with van der Waals surface area (Å²) in [6.45, 7) is 4.74. The fraction of sp³-hybridized carbons (Fsp3) is 0.923. The zero-order valence-electron chi connectivity index (χ0n) is 19.0. The van der Waals surface area contributed by atoms with E-state index in [-0.39, 0.29) is 11.8 Å². The van der Waals surface area contributed by atoms with Crippen LogP contribution in [0.25, 0.3) is 0 Å². The smallest absolute Gasteiger partial charge is 0.316 e. The van der Waals surface area contributed by atoms with Crippen molar-refractivity contribution in [1.29, 1.82) is 0 Å². The van der Waals surface area contributed by atoms with E-state index in [4.69, 9.17) is 4.74 Å². The van der Waals surface area contributed by atoms with Crippen LogP contribution < -0.4 is 0 Å². The van der Waals surface area contributed by atoms with Crippen LogP contribution in [0, 0.1) is 35.5 Å². The Kier molecular flexibility index (Phi) is 9.06. The van der Waals surface area contributed by atoms with E-state index in [1.54, 1.807) is 0 Å². The van der Waals surface area contributed by atoms with Gasteiger partial charge in [0, 0.05) is 6.42 Å². The topological polar surface area (TPSA) is 43.4 Å². The summed E-state index contributed by atoms with van der Waals surface area (Å²) in [5, 5.41) is 0. The molecular weight excluding hydrogens is 360 g/mol. The average molecular weight is 405 g/mol. The Morgan fingerprint density at radius 3 is 1.90 bits per heavy atom. The Morgan fingerprint density at radius 1 is 0.793 bits per heavy atom. The van der Waals surface area contributed by atoms with Gasteiger partial charge in [-0.1, -0.05) is 46.0 Å². The van der Waals surface area contributed by atoms with Crippen molar-refractivity contribution in [3.8, 4) is 0 Å². The highest BCUT2D eigenvalue weighted by Crippen LogP contribution is 2.46. The molecule has 0 saturated heterocycles. The molecule has 0 aromatic carbocycles. The molecule has 0 aliphatic heterocycles. The molecule has 0 aromatic rings. The molecule has 3 rings (SSSR count). The summed E-state index contributed by atoms with van der Waals surface area (Å²) in [6, 6.07) is 0. The molecule has 166 valence electrons. The lowest BCUT2D eigenvalue weighted by atomic mass is 9.64. The maximum absolute atomic E-state index is 12.6. The molecule has 3 saturated carbocycles. The van der Waals surface area contributed by atoms with E-state index >= 15 is 0 Å². The number of carbonyl (C=O) groups excluding carboxylic acids is 2. The minimum absolute atomic E-state index is 0.148. The predicted octanol–water partition coefficient (Wildman–Crippen LogP) is 6.73. The van der Waals surface area contributed by atoms with Crippen molar-refractivity contribution >= 4 is 11.8 Å². The first-order valence-corrected chi connectivity index (χ1v) is 12.8. The van der Waals surface area contributed by atoms with Crippen molar-refractivity contribution in [2.75, 3.05) is 6.61 Å². The highest BCUT2D eigenvalue weighted by molar-refractivity contribution is 5.99. The van der Waals surface area contributed by atoms with E-state index in [1.807, 2.05) is 6.92 Å². The van der Waals surface area contributed by atoms with Crippen molar-refractivity contribution in [2.45, 2.75) is 110 Å². The third-order valence-corrected chi connectivity index (χ3v) is 8.42. The summed E-state index contributed by atoms with van der Waals surface area (Å²) >= 11 is 0. The average Bonchev–Trinajstić information content (AvgIpc) is 2.76. The van der Waals surface area contributed by atoms with E-state index < -0.39 is 5.92 Å². The van der Waals surface area contributed by atoms with Crippen LogP contribution >= 0.6 is 0 Å². The van der Waals surface area contributed by atoms with Gasteiger partial charge in [0.1, 0.15) is 11.7 Å². The Bertz CT molecular complexity index is 512. The summed E-state index contributed by atoms with van der Waals surface area (Å²) in [5.74, 6) is 3.55. The molecule has 3 heteroatoms. The zero-order valence-corrected chi connectivity index (χ0v) is 19.0. The standard InChI is InChI=1S/C26H44O3/c1-3-5-6-19-7-9-20(10-8-19)21-11-13-22(14-12-21)23-15-16-24(25(27)18-23)26(28)29-17-4-2/h19-24H,3-18H2,1-2H3/t19-,20-,21?,22?,23?,24?. The predicted molar refractivity (Wildman–Crippen MR) is 118 cm³/mol. The van der Waals surface area contributed by atoms with Gasteiger partial charge in [0.15, 0.2) is 0 Å². The molecule has 0 N–H and O–H groups in total. The first kappa shape index (κ1) is 22.8. The van der Waals surface area contributed by atoms with Crippen LogP contribution in [0.4, 0.5) is 0 Å². The third-order valence-electron chi connectivity index (χ3n) is 8.42. The van der Waals surface area contributed by atoms with Gasteiger partial charge in [0.25, 0.3) is 0 Å². The fourth-order valence-corrected chi connectivity index (χ4v) is 6.53. The van der Waals surface area contributed by atoms with Gasteiger partial charge in [-0.05, 0) is 87.4 Å². The van der Waals surface area contributed by atoms with E-state index in [0.29, 0.717) is 31.3 Å². The Hall–Kier alpha value is -0.860. The molecule has 2 atom stereocenters. The second kappa shape index (κ2) is 11.5. The lowest BCUT2D eigenvalue weighted by molar-refractivity contribution is -0.154. The first-order chi connectivity index (χ1) is 14.1. The molecule has 0 spiro atoms. The van der Waals surface area contributed by atoms with Crippen LogP contribution in [0.2, 0.25) is 0 Å². The van der Waals surface area contributed by atoms with E-state index in [1.165, 1.54) is 70.6 Å². The number of esters is 1. The summed E-state index contributed by atoms with van der Waals surface area (Å²) in [5.41, 5.74) is 0. The van der Waals surface area contributed by atoms with Gasteiger partial charge in [-0.25, -0.2) is 0 Å². The van der Waals surface area contributed by atoms with Crippen LogP contribution in [-0.2, 0) is 14.3 Å². The fourth-order valence-electron chi connectivity index (χ4n) is 6.53. The van der Waals surface area contributed by atoms with Crippen molar-refractivity contribution < 1.29 is 14.3 Å². The van der Waals surface area contributed by atoms with Crippen LogP contribution in [0.3, 0.4) is 0 Å². The third kappa shape index (κ3) is 6.31. The second-order valence-electron chi connectivity index (χ2n) is 10.3. The number of rotatable bonds is 8. The largest absolute Gasteiger partial charge is 0.465 e. The SMILES string of the molecule is CCCC[C@H]1CC[C@H](C2CCC(C3CCC(C(=O)OCCC)C(=O)C3)CC2)CC1. The maximum Gasteiger partial charge on any atom is 0.316 e. The molecule has 0 aromatic heterocycles. The number of ketones is 1. The monoisotopic (exact) mass is 404 g/mol. The molecule has 2 unspecified atom stereocenters. The molecular formula is C26H44O3. The molecule has 0 radical (unpaired) electrons. The van der Waals surface area contributed by atoms with Crippen LogP contribution in [0.5, 0.6) is 0 Å². The summed E-state index contributed by atoms with van der Waals surface area (Å²) in [4.78, 5) is 24.7. The van der Waals surface area contributed by atoms with E-state index in [2.05, 4.69) is 6.92 Å². The number of ether oxygens (including phenoxy) is 1. The molecule has 0 amide bonds. The Morgan fingerprint density at radius 2 is 1.34 bits per heavy atom. The second-order valence-corrected chi connectivity index (χ2v) is 10.3.